The standard InChI is InChI=1S/C10H14N2OS/c11-9-2-1-4-12(6-9)10(13)8-3-5-14-7-8/h3,5,7,9H,1-2,4,6,11H2/t9-/m1/s1. The first-order chi connectivity index (χ1) is 6.77. The molecule has 2 N–H and O–H groups in total. The number of nitrogens with zero attached hydrogens (tertiary/aromatic N) is 1. The molecular formula is C10H14N2OS. The van der Waals surface area contributed by atoms with Crippen LogP contribution < -0.4 is 5.73 Å². The molecule has 1 aromatic rings. The van der Waals surface area contributed by atoms with E-state index in [0.29, 0.717) is 6.54 Å². The van der Waals surface area contributed by atoms with Crippen molar-refractivity contribution in [1.29, 1.82) is 0 Å². The highest BCUT2D eigenvalue weighted by Crippen LogP contribution is 2.14. The first kappa shape index (κ1) is 9.68. The van der Waals surface area contributed by atoms with Gasteiger partial charge in [0.25, 0.3) is 5.91 Å². The molecule has 14 heavy (non-hydrogen) atoms. The zero-order valence-corrected chi connectivity index (χ0v) is 8.80. The Labute approximate surface area is 87.5 Å². The highest BCUT2D eigenvalue weighted by molar-refractivity contribution is 7.08. The predicted octanol–water partition coefficient (Wildman–Crippen LogP) is 1.31. The maximum atomic E-state index is 11.9. The number of carbonyl (C=O) groups is 1. The Hall–Kier alpha value is -0.870. The summed E-state index contributed by atoms with van der Waals surface area (Å²) in [6.45, 7) is 1.55. The zero-order valence-electron chi connectivity index (χ0n) is 7.98. The molecule has 0 aromatic carbocycles. The Morgan fingerprint density at radius 1 is 1.64 bits per heavy atom. The van der Waals surface area contributed by atoms with Gasteiger partial charge in [-0.25, -0.2) is 0 Å². The van der Waals surface area contributed by atoms with Gasteiger partial charge in [-0.05, 0) is 24.3 Å². The molecule has 1 aliphatic heterocycles. The lowest BCUT2D eigenvalue weighted by Crippen LogP contribution is -2.45. The molecule has 1 atom stereocenters. The molecule has 0 aliphatic carbocycles. The smallest absolute Gasteiger partial charge is 0.254 e. The van der Waals surface area contributed by atoms with Crippen LogP contribution in [0.15, 0.2) is 16.8 Å². The van der Waals surface area contributed by atoms with Gasteiger partial charge in [-0.1, -0.05) is 0 Å². The van der Waals surface area contributed by atoms with Gasteiger partial charge in [0.1, 0.15) is 0 Å². The zero-order chi connectivity index (χ0) is 9.97. The number of likely N-dealkylation sites (tertiary alicyclic amines) is 1. The largest absolute Gasteiger partial charge is 0.337 e. The predicted molar refractivity (Wildman–Crippen MR) is 57.4 cm³/mol. The van der Waals surface area contributed by atoms with Crippen molar-refractivity contribution in [2.45, 2.75) is 18.9 Å². The van der Waals surface area contributed by atoms with E-state index in [1.165, 1.54) is 0 Å². The van der Waals surface area contributed by atoms with Gasteiger partial charge in [-0.15, -0.1) is 0 Å². The topological polar surface area (TPSA) is 46.3 Å². The Kier molecular flexibility index (Phi) is 2.84. The average Bonchev–Trinajstić information content (AvgIpc) is 2.69. The van der Waals surface area contributed by atoms with Gasteiger partial charge >= 0.3 is 0 Å². The van der Waals surface area contributed by atoms with E-state index < -0.39 is 0 Å². The van der Waals surface area contributed by atoms with E-state index in [4.69, 9.17) is 5.73 Å². The monoisotopic (exact) mass is 210 g/mol. The lowest BCUT2D eigenvalue weighted by Gasteiger charge is -2.30. The molecule has 76 valence electrons. The first-order valence-electron chi connectivity index (χ1n) is 4.84. The maximum absolute atomic E-state index is 11.9. The second kappa shape index (κ2) is 4.11. The molecule has 0 spiro atoms. The van der Waals surface area contributed by atoms with Crippen molar-refractivity contribution < 1.29 is 4.79 Å². The number of hydrogen-bond donors (Lipinski definition) is 1. The number of hydrogen-bond acceptors (Lipinski definition) is 3. The summed E-state index contributed by atoms with van der Waals surface area (Å²) in [5.74, 6) is 0.126. The van der Waals surface area contributed by atoms with Crippen LogP contribution in [0.2, 0.25) is 0 Å². The van der Waals surface area contributed by atoms with Gasteiger partial charge in [-0.3, -0.25) is 4.79 Å². The molecule has 0 saturated carbocycles. The van der Waals surface area contributed by atoms with Gasteiger partial charge in [0.05, 0.1) is 5.56 Å². The molecule has 1 amide bonds. The SMILES string of the molecule is N[C@@H]1CCCN(C(=O)c2ccsc2)C1. The molecule has 0 bridgehead atoms. The Morgan fingerprint density at radius 2 is 2.50 bits per heavy atom. The molecule has 2 heterocycles. The van der Waals surface area contributed by atoms with Crippen LogP contribution in [-0.2, 0) is 0 Å². The third kappa shape index (κ3) is 1.96. The minimum absolute atomic E-state index is 0.126. The van der Waals surface area contributed by atoms with Crippen molar-refractivity contribution in [2.75, 3.05) is 13.1 Å². The second-order valence-corrected chi connectivity index (χ2v) is 4.45. The fourth-order valence-electron chi connectivity index (χ4n) is 1.76. The van der Waals surface area contributed by atoms with Gasteiger partial charge in [-0.2, -0.15) is 11.3 Å². The van der Waals surface area contributed by atoms with E-state index in [0.717, 1.165) is 24.9 Å². The van der Waals surface area contributed by atoms with Gasteiger partial charge < -0.3 is 10.6 Å². The van der Waals surface area contributed by atoms with Crippen LogP contribution in [0.4, 0.5) is 0 Å². The van der Waals surface area contributed by atoms with Crippen molar-refractivity contribution in [3.05, 3.63) is 22.4 Å². The van der Waals surface area contributed by atoms with E-state index in [9.17, 15) is 4.79 Å². The number of amides is 1. The summed E-state index contributed by atoms with van der Waals surface area (Å²) in [4.78, 5) is 13.7. The van der Waals surface area contributed by atoms with Crippen molar-refractivity contribution in [2.24, 2.45) is 5.73 Å². The Morgan fingerprint density at radius 3 is 3.14 bits per heavy atom. The molecule has 2 rings (SSSR count). The lowest BCUT2D eigenvalue weighted by molar-refractivity contribution is 0.0709. The fraction of sp³-hybridized carbons (Fsp3) is 0.500. The summed E-state index contributed by atoms with van der Waals surface area (Å²) in [5, 5.41) is 3.82. The van der Waals surface area contributed by atoms with E-state index in [-0.39, 0.29) is 11.9 Å². The summed E-state index contributed by atoms with van der Waals surface area (Å²) in [6, 6.07) is 2.03. The third-order valence-electron chi connectivity index (χ3n) is 2.51. The van der Waals surface area contributed by atoms with Crippen LogP contribution in [0.25, 0.3) is 0 Å². The van der Waals surface area contributed by atoms with Crippen LogP contribution >= 0.6 is 11.3 Å². The highest BCUT2D eigenvalue weighted by atomic mass is 32.1. The second-order valence-electron chi connectivity index (χ2n) is 3.67. The van der Waals surface area contributed by atoms with Crippen LogP contribution in [0.1, 0.15) is 23.2 Å². The molecule has 4 heteroatoms. The van der Waals surface area contributed by atoms with Gasteiger partial charge in [0, 0.05) is 24.5 Å². The summed E-state index contributed by atoms with van der Waals surface area (Å²) in [6.07, 6.45) is 2.06. The summed E-state index contributed by atoms with van der Waals surface area (Å²) < 4.78 is 0. The highest BCUT2D eigenvalue weighted by Gasteiger charge is 2.22. The molecule has 1 aromatic heterocycles. The molecule has 0 unspecified atom stereocenters. The third-order valence-corrected chi connectivity index (χ3v) is 3.20. The molecule has 0 radical (unpaired) electrons. The molecule has 3 nitrogen and oxygen atoms in total. The quantitative estimate of drug-likeness (QED) is 0.759. The van der Waals surface area contributed by atoms with Crippen molar-refractivity contribution >= 4 is 17.2 Å². The molecule has 1 saturated heterocycles. The molecular weight excluding hydrogens is 196 g/mol. The summed E-state index contributed by atoms with van der Waals surface area (Å²) >= 11 is 1.55. The van der Waals surface area contributed by atoms with Crippen LogP contribution in [-0.4, -0.2) is 29.9 Å². The Bertz CT molecular complexity index is 310. The number of nitrogens with two attached hydrogens (primary N) is 1. The number of thiophene rings is 1. The fourth-order valence-corrected chi connectivity index (χ4v) is 2.39. The molecule has 1 fully saturated rings. The van der Waals surface area contributed by atoms with Gasteiger partial charge in [0.2, 0.25) is 0 Å². The number of rotatable bonds is 1. The summed E-state index contributed by atoms with van der Waals surface area (Å²) in [7, 11) is 0. The van der Waals surface area contributed by atoms with Crippen LogP contribution in [0.3, 0.4) is 0 Å². The van der Waals surface area contributed by atoms with Crippen molar-refractivity contribution in [3.63, 3.8) is 0 Å². The van der Waals surface area contributed by atoms with Crippen LogP contribution in [0.5, 0.6) is 0 Å². The van der Waals surface area contributed by atoms with E-state index in [1.54, 1.807) is 11.3 Å². The van der Waals surface area contributed by atoms with Crippen molar-refractivity contribution in [1.82, 2.24) is 4.90 Å². The minimum Gasteiger partial charge on any atom is -0.337 e. The Balaban J connectivity index is 2.04. The average molecular weight is 210 g/mol. The number of piperidine rings is 1. The van der Waals surface area contributed by atoms with E-state index >= 15 is 0 Å². The lowest BCUT2D eigenvalue weighted by atomic mass is 10.1. The van der Waals surface area contributed by atoms with Crippen LogP contribution in [0, 0.1) is 0 Å². The normalized spacial score (nSPS) is 22.4. The maximum Gasteiger partial charge on any atom is 0.254 e. The van der Waals surface area contributed by atoms with E-state index in [2.05, 4.69) is 0 Å². The first-order valence-corrected chi connectivity index (χ1v) is 5.78. The number of carbonyl (C=O) groups excluding carboxylic acids is 1. The minimum atomic E-state index is 0.126. The van der Waals surface area contributed by atoms with Crippen molar-refractivity contribution in [3.8, 4) is 0 Å². The molecule has 1 aliphatic rings. The summed E-state index contributed by atoms with van der Waals surface area (Å²) in [5.41, 5.74) is 6.62. The van der Waals surface area contributed by atoms with Gasteiger partial charge in [0.15, 0.2) is 0 Å². The van der Waals surface area contributed by atoms with E-state index in [1.807, 2.05) is 21.7 Å².